The molecular weight excluding hydrogens is 332 g/mol. The Bertz CT molecular complexity index is 767. The molecule has 1 unspecified atom stereocenters. The first-order valence-electron chi connectivity index (χ1n) is 8.37. The van der Waals surface area contributed by atoms with Crippen molar-refractivity contribution >= 4 is 18.1 Å². The third kappa shape index (κ3) is 5.73. The first-order chi connectivity index (χ1) is 12.5. The van der Waals surface area contributed by atoms with E-state index >= 15 is 0 Å². The second kappa shape index (κ2) is 9.36. The van der Waals surface area contributed by atoms with Gasteiger partial charge in [0.25, 0.3) is 5.91 Å². The number of carbonyl (C=O) groups is 2. The summed E-state index contributed by atoms with van der Waals surface area (Å²) in [5.41, 5.74) is 4.48. The summed E-state index contributed by atoms with van der Waals surface area (Å²) in [6.45, 7) is 4.16. The van der Waals surface area contributed by atoms with Crippen LogP contribution in [0.4, 0.5) is 0 Å². The van der Waals surface area contributed by atoms with Crippen molar-refractivity contribution in [2.45, 2.75) is 26.2 Å². The van der Waals surface area contributed by atoms with E-state index in [4.69, 9.17) is 9.84 Å². The number of aromatic carboxylic acids is 1. The van der Waals surface area contributed by atoms with Crippen LogP contribution in [0.15, 0.2) is 53.6 Å². The molecule has 2 N–H and O–H groups in total. The molecule has 0 heterocycles. The first-order valence-corrected chi connectivity index (χ1v) is 8.37. The SMILES string of the molecule is CCC(C)c1ccc(OCC(=O)NN=Cc2ccc(C(=O)O)cc2)cc1. The first kappa shape index (κ1) is 19.2. The molecule has 6 heteroatoms. The van der Waals surface area contributed by atoms with E-state index in [0.29, 0.717) is 17.2 Å². The molecular formula is C20H22N2O4. The minimum Gasteiger partial charge on any atom is -0.484 e. The number of carboxylic acid groups (broad SMARTS) is 1. The van der Waals surface area contributed by atoms with Gasteiger partial charge in [-0.1, -0.05) is 38.1 Å². The van der Waals surface area contributed by atoms with E-state index < -0.39 is 5.97 Å². The van der Waals surface area contributed by atoms with E-state index in [9.17, 15) is 9.59 Å². The van der Waals surface area contributed by atoms with Crippen LogP contribution in [0.25, 0.3) is 0 Å². The van der Waals surface area contributed by atoms with Crippen molar-refractivity contribution in [3.63, 3.8) is 0 Å². The van der Waals surface area contributed by atoms with E-state index in [1.807, 2.05) is 24.3 Å². The number of carboxylic acids is 1. The summed E-state index contributed by atoms with van der Waals surface area (Å²) in [5.74, 6) is -0.253. The molecule has 0 aliphatic heterocycles. The molecule has 2 rings (SSSR count). The summed E-state index contributed by atoms with van der Waals surface area (Å²) in [7, 11) is 0. The lowest BCUT2D eigenvalue weighted by atomic mass is 9.99. The molecule has 1 amide bonds. The van der Waals surface area contributed by atoms with E-state index in [0.717, 1.165) is 6.42 Å². The Morgan fingerprint density at radius 2 is 1.81 bits per heavy atom. The molecule has 26 heavy (non-hydrogen) atoms. The molecule has 0 spiro atoms. The number of hydrogen-bond acceptors (Lipinski definition) is 4. The third-order valence-corrected chi connectivity index (χ3v) is 3.99. The van der Waals surface area contributed by atoms with Gasteiger partial charge in [0.1, 0.15) is 5.75 Å². The number of hydrazone groups is 1. The molecule has 0 fully saturated rings. The van der Waals surface area contributed by atoms with E-state index in [2.05, 4.69) is 24.4 Å². The minimum absolute atomic E-state index is 0.141. The van der Waals surface area contributed by atoms with Gasteiger partial charge in [-0.15, -0.1) is 0 Å². The molecule has 136 valence electrons. The number of amides is 1. The maximum Gasteiger partial charge on any atom is 0.335 e. The Labute approximate surface area is 152 Å². The van der Waals surface area contributed by atoms with Gasteiger partial charge in [0.15, 0.2) is 6.61 Å². The summed E-state index contributed by atoms with van der Waals surface area (Å²) < 4.78 is 5.43. The fourth-order valence-corrected chi connectivity index (χ4v) is 2.20. The Balaban J connectivity index is 1.78. The average Bonchev–Trinajstić information content (AvgIpc) is 2.66. The molecule has 0 saturated heterocycles. The van der Waals surface area contributed by atoms with Crippen molar-refractivity contribution in [2.75, 3.05) is 6.61 Å². The molecule has 0 radical (unpaired) electrons. The Hall–Kier alpha value is -3.15. The summed E-state index contributed by atoms with van der Waals surface area (Å²) >= 11 is 0. The maximum atomic E-state index is 11.7. The van der Waals surface area contributed by atoms with Crippen molar-refractivity contribution in [2.24, 2.45) is 5.10 Å². The van der Waals surface area contributed by atoms with Gasteiger partial charge in [0.05, 0.1) is 11.8 Å². The van der Waals surface area contributed by atoms with Gasteiger partial charge in [-0.2, -0.15) is 5.10 Å². The van der Waals surface area contributed by atoms with Crippen LogP contribution in [0.2, 0.25) is 0 Å². The van der Waals surface area contributed by atoms with Gasteiger partial charge in [-0.05, 0) is 47.7 Å². The molecule has 0 bridgehead atoms. The summed E-state index contributed by atoms with van der Waals surface area (Å²) in [6.07, 6.45) is 2.50. The number of nitrogens with zero attached hydrogens (tertiary/aromatic N) is 1. The van der Waals surface area contributed by atoms with Crippen molar-refractivity contribution < 1.29 is 19.4 Å². The van der Waals surface area contributed by atoms with Gasteiger partial charge in [-0.3, -0.25) is 4.79 Å². The highest BCUT2D eigenvalue weighted by Gasteiger charge is 2.05. The number of hydrogen-bond donors (Lipinski definition) is 2. The smallest absolute Gasteiger partial charge is 0.335 e. The van der Waals surface area contributed by atoms with Crippen molar-refractivity contribution in [1.82, 2.24) is 5.43 Å². The van der Waals surface area contributed by atoms with Crippen molar-refractivity contribution in [1.29, 1.82) is 0 Å². The average molecular weight is 354 g/mol. The van der Waals surface area contributed by atoms with E-state index in [1.165, 1.54) is 23.9 Å². The monoisotopic (exact) mass is 354 g/mol. The highest BCUT2D eigenvalue weighted by Crippen LogP contribution is 2.21. The largest absolute Gasteiger partial charge is 0.484 e. The number of ether oxygens (including phenoxy) is 1. The fourth-order valence-electron chi connectivity index (χ4n) is 2.20. The number of benzene rings is 2. The summed E-state index contributed by atoms with van der Waals surface area (Å²) in [4.78, 5) is 22.5. The van der Waals surface area contributed by atoms with Crippen LogP contribution in [0, 0.1) is 0 Å². The molecule has 0 aromatic heterocycles. The standard InChI is InChI=1S/C20H22N2O4/c1-3-14(2)16-8-10-18(11-9-16)26-13-19(23)22-21-12-15-4-6-17(7-5-15)20(24)25/h4-12,14H,3,13H2,1-2H3,(H,22,23)(H,24,25). The summed E-state index contributed by atoms with van der Waals surface area (Å²) in [6, 6.07) is 13.9. The van der Waals surface area contributed by atoms with Crippen LogP contribution in [-0.2, 0) is 4.79 Å². The topological polar surface area (TPSA) is 88.0 Å². The van der Waals surface area contributed by atoms with Crippen molar-refractivity contribution in [3.8, 4) is 5.75 Å². The normalized spacial score (nSPS) is 11.9. The van der Waals surface area contributed by atoms with Gasteiger partial charge in [0.2, 0.25) is 0 Å². The van der Waals surface area contributed by atoms with Crippen LogP contribution in [0.3, 0.4) is 0 Å². The number of nitrogens with one attached hydrogen (secondary N) is 1. The Kier molecular flexibility index (Phi) is 6.91. The van der Waals surface area contributed by atoms with Crippen LogP contribution >= 0.6 is 0 Å². The molecule has 0 aliphatic carbocycles. The van der Waals surface area contributed by atoms with E-state index in [1.54, 1.807) is 12.1 Å². The van der Waals surface area contributed by atoms with Crippen molar-refractivity contribution in [3.05, 3.63) is 65.2 Å². The second-order valence-corrected chi connectivity index (χ2v) is 5.89. The quantitative estimate of drug-likeness (QED) is 0.561. The third-order valence-electron chi connectivity index (χ3n) is 3.99. The second-order valence-electron chi connectivity index (χ2n) is 5.89. The number of rotatable bonds is 8. The van der Waals surface area contributed by atoms with Crippen LogP contribution in [0.5, 0.6) is 5.75 Å². The molecule has 1 atom stereocenters. The maximum absolute atomic E-state index is 11.7. The Morgan fingerprint density at radius 3 is 2.38 bits per heavy atom. The highest BCUT2D eigenvalue weighted by atomic mass is 16.5. The lowest BCUT2D eigenvalue weighted by Gasteiger charge is -2.10. The van der Waals surface area contributed by atoms with Gasteiger partial charge in [0, 0.05) is 0 Å². The molecule has 2 aromatic rings. The van der Waals surface area contributed by atoms with Gasteiger partial charge < -0.3 is 9.84 Å². The predicted octanol–water partition coefficient (Wildman–Crippen LogP) is 3.43. The molecule has 6 nitrogen and oxygen atoms in total. The van der Waals surface area contributed by atoms with Gasteiger partial charge in [-0.25, -0.2) is 10.2 Å². The minimum atomic E-state index is -0.990. The zero-order chi connectivity index (χ0) is 18.9. The summed E-state index contributed by atoms with van der Waals surface area (Å²) in [5, 5.41) is 12.7. The molecule has 0 aliphatic rings. The highest BCUT2D eigenvalue weighted by molar-refractivity contribution is 5.89. The van der Waals surface area contributed by atoms with Crippen LogP contribution in [-0.4, -0.2) is 29.8 Å². The van der Waals surface area contributed by atoms with Gasteiger partial charge >= 0.3 is 5.97 Å². The lowest BCUT2D eigenvalue weighted by molar-refractivity contribution is -0.123. The Morgan fingerprint density at radius 1 is 1.15 bits per heavy atom. The molecule has 2 aromatic carbocycles. The lowest BCUT2D eigenvalue weighted by Crippen LogP contribution is -2.24. The zero-order valence-electron chi connectivity index (χ0n) is 14.8. The zero-order valence-corrected chi connectivity index (χ0v) is 14.8. The van der Waals surface area contributed by atoms with Crippen LogP contribution in [0.1, 0.15) is 47.7 Å². The predicted molar refractivity (Wildman–Crippen MR) is 99.8 cm³/mol. The molecule has 0 saturated carbocycles. The van der Waals surface area contributed by atoms with Crippen LogP contribution < -0.4 is 10.2 Å². The number of carbonyl (C=O) groups excluding carboxylic acids is 1. The fraction of sp³-hybridized carbons (Fsp3) is 0.250. The van der Waals surface area contributed by atoms with E-state index in [-0.39, 0.29) is 18.1 Å².